The van der Waals surface area contributed by atoms with Gasteiger partial charge in [-0.1, -0.05) is 29.8 Å². The topological polar surface area (TPSA) is 58.6 Å². The van der Waals surface area contributed by atoms with Crippen LogP contribution in [0.1, 0.15) is 24.0 Å². The molecular formula is C21H25F3N2O3S. The average molecular weight is 443 g/mol. The fraction of sp³-hybridized carbons (Fsp3) is 0.429. The molecule has 9 heteroatoms. The standard InChI is InChI=1S/C21H25F3N2O3S/c1-16-4-10-20(11-5-16)30(27,28)25-13-18-3-2-12-26(15-18)14-17-6-8-19(9-7-17)29-21(22,23)24/h4-11,18,25H,2-3,12-15H2,1H3. The van der Waals surface area contributed by atoms with Crippen molar-refractivity contribution in [1.82, 2.24) is 9.62 Å². The molecule has 1 heterocycles. The van der Waals surface area contributed by atoms with Crippen LogP contribution in [0.25, 0.3) is 0 Å². The Morgan fingerprint density at radius 2 is 1.77 bits per heavy atom. The number of aryl methyl sites for hydroxylation is 1. The van der Waals surface area contributed by atoms with Gasteiger partial charge in [-0.05, 0) is 62.1 Å². The maximum atomic E-state index is 12.5. The number of halogens is 3. The zero-order valence-electron chi connectivity index (χ0n) is 16.7. The number of hydrogen-bond donors (Lipinski definition) is 1. The van der Waals surface area contributed by atoms with Crippen LogP contribution < -0.4 is 9.46 Å². The predicted octanol–water partition coefficient (Wildman–Crippen LogP) is 4.08. The summed E-state index contributed by atoms with van der Waals surface area (Å²) in [7, 11) is -3.55. The Morgan fingerprint density at radius 3 is 2.40 bits per heavy atom. The SMILES string of the molecule is Cc1ccc(S(=O)(=O)NCC2CCCN(Cc3ccc(OC(F)(F)F)cc3)C2)cc1. The minimum absolute atomic E-state index is 0.173. The van der Waals surface area contributed by atoms with Gasteiger partial charge in [0.25, 0.3) is 0 Å². The van der Waals surface area contributed by atoms with Crippen LogP contribution >= 0.6 is 0 Å². The zero-order valence-corrected chi connectivity index (χ0v) is 17.5. The summed E-state index contributed by atoms with van der Waals surface area (Å²) in [5, 5.41) is 0. The van der Waals surface area contributed by atoms with Crippen molar-refractivity contribution in [2.75, 3.05) is 19.6 Å². The highest BCUT2D eigenvalue weighted by molar-refractivity contribution is 7.89. The quantitative estimate of drug-likeness (QED) is 0.702. The first-order chi connectivity index (χ1) is 14.1. The molecule has 0 aromatic heterocycles. The van der Waals surface area contributed by atoms with E-state index in [0.29, 0.717) is 13.1 Å². The fourth-order valence-corrected chi connectivity index (χ4v) is 4.66. The van der Waals surface area contributed by atoms with E-state index >= 15 is 0 Å². The molecule has 30 heavy (non-hydrogen) atoms. The fourth-order valence-electron chi connectivity index (χ4n) is 3.54. The summed E-state index contributed by atoms with van der Waals surface area (Å²) >= 11 is 0. The third-order valence-corrected chi connectivity index (χ3v) is 6.50. The van der Waals surface area contributed by atoms with Gasteiger partial charge in [0, 0.05) is 19.6 Å². The van der Waals surface area contributed by atoms with E-state index < -0.39 is 16.4 Å². The van der Waals surface area contributed by atoms with Crippen LogP contribution in [0.3, 0.4) is 0 Å². The van der Waals surface area contributed by atoms with Crippen molar-refractivity contribution >= 4 is 10.0 Å². The Morgan fingerprint density at radius 1 is 1.10 bits per heavy atom. The van der Waals surface area contributed by atoms with Gasteiger partial charge in [0.1, 0.15) is 5.75 Å². The lowest BCUT2D eigenvalue weighted by molar-refractivity contribution is -0.274. The smallest absolute Gasteiger partial charge is 0.406 e. The highest BCUT2D eigenvalue weighted by Crippen LogP contribution is 2.24. The predicted molar refractivity (Wildman–Crippen MR) is 107 cm³/mol. The third kappa shape index (κ3) is 6.72. The average Bonchev–Trinajstić information content (AvgIpc) is 2.68. The summed E-state index contributed by atoms with van der Waals surface area (Å²) in [6.07, 6.45) is -2.84. The summed E-state index contributed by atoms with van der Waals surface area (Å²) < 4.78 is 68.3. The van der Waals surface area contributed by atoms with Gasteiger partial charge < -0.3 is 4.74 Å². The molecule has 3 rings (SSSR count). The van der Waals surface area contributed by atoms with E-state index in [1.54, 1.807) is 36.4 Å². The molecule has 1 N–H and O–H groups in total. The monoisotopic (exact) mass is 442 g/mol. The van der Waals surface area contributed by atoms with Gasteiger partial charge in [0.05, 0.1) is 4.90 Å². The van der Waals surface area contributed by atoms with Crippen molar-refractivity contribution in [3.63, 3.8) is 0 Å². The Labute approximate surface area is 174 Å². The second kappa shape index (κ2) is 9.36. The lowest BCUT2D eigenvalue weighted by atomic mass is 9.98. The highest BCUT2D eigenvalue weighted by Gasteiger charge is 2.31. The second-order valence-corrected chi connectivity index (χ2v) is 9.37. The van der Waals surface area contributed by atoms with Crippen molar-refractivity contribution < 1.29 is 26.3 Å². The number of hydrogen-bond acceptors (Lipinski definition) is 4. The van der Waals surface area contributed by atoms with E-state index in [2.05, 4.69) is 14.4 Å². The number of benzene rings is 2. The summed E-state index contributed by atoms with van der Waals surface area (Å²) in [5.74, 6) is -0.0694. The van der Waals surface area contributed by atoms with Gasteiger partial charge in [-0.3, -0.25) is 4.90 Å². The van der Waals surface area contributed by atoms with Gasteiger partial charge in [0.15, 0.2) is 0 Å². The van der Waals surface area contributed by atoms with E-state index in [-0.39, 0.29) is 16.6 Å². The first kappa shape index (κ1) is 22.6. The number of piperidine rings is 1. The van der Waals surface area contributed by atoms with Gasteiger partial charge in [-0.25, -0.2) is 13.1 Å². The number of sulfonamides is 1. The Hall–Kier alpha value is -2.10. The Balaban J connectivity index is 1.52. The maximum absolute atomic E-state index is 12.5. The zero-order chi connectivity index (χ0) is 21.8. The van der Waals surface area contributed by atoms with Gasteiger partial charge in [0.2, 0.25) is 10.0 Å². The lowest BCUT2D eigenvalue weighted by Gasteiger charge is -2.32. The van der Waals surface area contributed by atoms with E-state index in [9.17, 15) is 21.6 Å². The molecule has 2 aromatic rings. The molecule has 1 saturated heterocycles. The largest absolute Gasteiger partial charge is 0.573 e. The highest BCUT2D eigenvalue weighted by atomic mass is 32.2. The maximum Gasteiger partial charge on any atom is 0.573 e. The molecule has 164 valence electrons. The van der Waals surface area contributed by atoms with E-state index in [4.69, 9.17) is 0 Å². The third-order valence-electron chi connectivity index (χ3n) is 5.06. The minimum atomic E-state index is -4.70. The van der Waals surface area contributed by atoms with Crippen LogP contribution in [0, 0.1) is 12.8 Å². The van der Waals surface area contributed by atoms with Crippen molar-refractivity contribution in [2.24, 2.45) is 5.92 Å². The molecule has 1 fully saturated rings. The normalized spacial score (nSPS) is 18.3. The first-order valence-electron chi connectivity index (χ1n) is 9.74. The number of nitrogens with one attached hydrogen (secondary N) is 1. The number of alkyl halides is 3. The van der Waals surface area contributed by atoms with E-state index in [1.807, 2.05) is 6.92 Å². The molecule has 0 saturated carbocycles. The summed E-state index contributed by atoms with van der Waals surface area (Å²) in [6.45, 7) is 4.43. The Kier molecular flexibility index (Phi) is 7.05. The van der Waals surface area contributed by atoms with Crippen molar-refractivity contribution in [3.8, 4) is 5.75 Å². The molecule has 0 spiro atoms. The van der Waals surface area contributed by atoms with Crippen LogP contribution in [0.2, 0.25) is 0 Å². The molecule has 1 aliphatic rings. The van der Waals surface area contributed by atoms with Crippen LogP contribution in [-0.2, 0) is 16.6 Å². The van der Waals surface area contributed by atoms with Gasteiger partial charge >= 0.3 is 6.36 Å². The van der Waals surface area contributed by atoms with Crippen LogP contribution in [0.4, 0.5) is 13.2 Å². The molecule has 1 unspecified atom stereocenters. The minimum Gasteiger partial charge on any atom is -0.406 e. The second-order valence-electron chi connectivity index (χ2n) is 7.60. The van der Waals surface area contributed by atoms with Crippen LogP contribution in [-0.4, -0.2) is 39.3 Å². The number of rotatable bonds is 7. The van der Waals surface area contributed by atoms with Crippen molar-refractivity contribution in [2.45, 2.75) is 37.6 Å². The molecule has 1 atom stereocenters. The van der Waals surface area contributed by atoms with Crippen LogP contribution in [0.15, 0.2) is 53.4 Å². The van der Waals surface area contributed by atoms with E-state index in [0.717, 1.165) is 37.1 Å². The van der Waals surface area contributed by atoms with Crippen molar-refractivity contribution in [1.29, 1.82) is 0 Å². The number of nitrogens with zero attached hydrogens (tertiary/aromatic N) is 1. The molecule has 0 aliphatic carbocycles. The first-order valence-corrected chi connectivity index (χ1v) is 11.2. The van der Waals surface area contributed by atoms with Crippen LogP contribution in [0.5, 0.6) is 5.75 Å². The lowest BCUT2D eigenvalue weighted by Crippen LogP contribution is -2.40. The number of likely N-dealkylation sites (tertiary alicyclic amines) is 1. The summed E-state index contributed by atoms with van der Waals surface area (Å²) in [5.41, 5.74) is 1.88. The van der Waals surface area contributed by atoms with Gasteiger partial charge in [-0.15, -0.1) is 13.2 Å². The number of ether oxygens (including phenoxy) is 1. The molecule has 0 amide bonds. The molecule has 2 aromatic carbocycles. The molecule has 0 bridgehead atoms. The van der Waals surface area contributed by atoms with Gasteiger partial charge in [-0.2, -0.15) is 0 Å². The van der Waals surface area contributed by atoms with E-state index in [1.165, 1.54) is 12.1 Å². The summed E-state index contributed by atoms with van der Waals surface area (Å²) in [6, 6.07) is 12.6. The summed E-state index contributed by atoms with van der Waals surface area (Å²) in [4.78, 5) is 2.44. The Bertz CT molecular complexity index is 929. The molecule has 1 aliphatic heterocycles. The van der Waals surface area contributed by atoms with Crippen molar-refractivity contribution in [3.05, 3.63) is 59.7 Å². The molecule has 5 nitrogen and oxygen atoms in total. The molecular weight excluding hydrogens is 417 g/mol. The molecule has 0 radical (unpaired) electrons.